The Balaban J connectivity index is 2.13. The summed E-state index contributed by atoms with van der Waals surface area (Å²) in [6.07, 6.45) is 0.507. The van der Waals surface area contributed by atoms with Crippen LogP contribution in [-0.2, 0) is 0 Å². The fraction of sp³-hybridized carbons (Fsp3) is 0.188. The molecule has 0 saturated carbocycles. The molecule has 104 valence electrons. The van der Waals surface area contributed by atoms with Crippen LogP contribution in [0.5, 0.6) is 0 Å². The van der Waals surface area contributed by atoms with Crippen LogP contribution in [0.2, 0.25) is 0 Å². The summed E-state index contributed by atoms with van der Waals surface area (Å²) in [6, 6.07) is 20.6. The monoisotopic (exact) mass is 269 g/mol. The van der Waals surface area contributed by atoms with E-state index in [4.69, 9.17) is 10.9 Å². The van der Waals surface area contributed by atoms with E-state index in [0.717, 1.165) is 0 Å². The van der Waals surface area contributed by atoms with Gasteiger partial charge < -0.3 is 16.3 Å². The van der Waals surface area contributed by atoms with Crippen LogP contribution in [0.1, 0.15) is 23.6 Å². The molecule has 0 radical (unpaired) electrons. The number of rotatable bonds is 6. The zero-order valence-corrected chi connectivity index (χ0v) is 11.2. The topological polar surface area (TPSA) is 70.6 Å². The summed E-state index contributed by atoms with van der Waals surface area (Å²) in [5.41, 5.74) is 7.88. The number of nitrogens with one attached hydrogen (secondary N) is 1. The van der Waals surface area contributed by atoms with Gasteiger partial charge in [0.2, 0.25) is 0 Å². The van der Waals surface area contributed by atoms with Crippen LogP contribution >= 0.6 is 0 Å². The van der Waals surface area contributed by atoms with Gasteiger partial charge in [-0.3, -0.25) is 0 Å². The summed E-state index contributed by atoms with van der Waals surface area (Å²) >= 11 is 0. The molecule has 0 saturated heterocycles. The molecule has 0 aliphatic carbocycles. The van der Waals surface area contributed by atoms with E-state index >= 15 is 0 Å². The van der Waals surface area contributed by atoms with E-state index in [1.54, 1.807) is 0 Å². The van der Waals surface area contributed by atoms with E-state index in [1.807, 2.05) is 36.4 Å². The summed E-state index contributed by atoms with van der Waals surface area (Å²) < 4.78 is 0. The molecule has 0 atom stereocenters. The van der Waals surface area contributed by atoms with Gasteiger partial charge in [-0.25, -0.2) is 0 Å². The van der Waals surface area contributed by atoms with Crippen molar-refractivity contribution >= 4 is 5.84 Å². The van der Waals surface area contributed by atoms with Crippen LogP contribution in [0.3, 0.4) is 0 Å². The van der Waals surface area contributed by atoms with Gasteiger partial charge >= 0.3 is 0 Å². The zero-order valence-electron chi connectivity index (χ0n) is 11.2. The maximum atomic E-state index is 8.57. The second-order valence-electron chi connectivity index (χ2n) is 4.55. The minimum absolute atomic E-state index is 0.101. The Hall–Kier alpha value is -2.33. The Labute approximate surface area is 118 Å². The molecule has 0 unspecified atom stereocenters. The molecule has 0 spiro atoms. The fourth-order valence-electron chi connectivity index (χ4n) is 2.11. The molecule has 2 aromatic rings. The normalized spacial score (nSPS) is 11.8. The van der Waals surface area contributed by atoms with E-state index in [9.17, 15) is 0 Å². The average molecular weight is 269 g/mol. The third kappa shape index (κ3) is 3.83. The van der Waals surface area contributed by atoms with E-state index < -0.39 is 0 Å². The molecule has 2 rings (SSSR count). The largest absolute Gasteiger partial charge is 0.409 e. The van der Waals surface area contributed by atoms with Gasteiger partial charge in [-0.15, -0.1) is 0 Å². The van der Waals surface area contributed by atoms with Crippen molar-refractivity contribution in [2.24, 2.45) is 10.9 Å². The van der Waals surface area contributed by atoms with E-state index in [0.29, 0.717) is 13.0 Å². The first-order valence-corrected chi connectivity index (χ1v) is 6.61. The molecule has 0 aromatic heterocycles. The van der Waals surface area contributed by atoms with E-state index in [1.165, 1.54) is 11.1 Å². The van der Waals surface area contributed by atoms with Crippen molar-refractivity contribution in [3.05, 3.63) is 71.8 Å². The highest BCUT2D eigenvalue weighted by molar-refractivity contribution is 5.79. The molecule has 0 aliphatic rings. The van der Waals surface area contributed by atoms with Gasteiger partial charge in [0, 0.05) is 13.0 Å². The Morgan fingerprint density at radius 3 is 1.95 bits per heavy atom. The summed E-state index contributed by atoms with van der Waals surface area (Å²) in [5.74, 6) is 0.234. The Bertz CT molecular complexity index is 501. The van der Waals surface area contributed by atoms with Crippen molar-refractivity contribution in [3.63, 3.8) is 0 Å². The van der Waals surface area contributed by atoms with Gasteiger partial charge in [0.1, 0.15) is 5.84 Å². The standard InChI is InChI=1S/C16H19N3O/c17-15(19-20)11-12-18-16(13-7-3-1-4-8-13)14-9-5-2-6-10-14/h1-10,16,18,20H,11-12H2,(H2,17,19). The van der Waals surface area contributed by atoms with Crippen LogP contribution in [0.15, 0.2) is 65.8 Å². The molecule has 0 fully saturated rings. The van der Waals surface area contributed by atoms with Gasteiger partial charge in [-0.05, 0) is 11.1 Å². The summed E-state index contributed by atoms with van der Waals surface area (Å²) in [7, 11) is 0. The summed E-state index contributed by atoms with van der Waals surface area (Å²) in [6.45, 7) is 0.643. The number of nitrogens with zero attached hydrogens (tertiary/aromatic N) is 1. The number of amidine groups is 1. The second-order valence-corrected chi connectivity index (χ2v) is 4.55. The average Bonchev–Trinajstić information content (AvgIpc) is 2.53. The molecule has 20 heavy (non-hydrogen) atoms. The third-order valence-electron chi connectivity index (χ3n) is 3.12. The van der Waals surface area contributed by atoms with Gasteiger partial charge in [0.05, 0.1) is 6.04 Å². The van der Waals surface area contributed by atoms with Gasteiger partial charge in [-0.1, -0.05) is 65.8 Å². The lowest BCUT2D eigenvalue weighted by atomic mass is 9.98. The maximum Gasteiger partial charge on any atom is 0.140 e. The van der Waals surface area contributed by atoms with Crippen molar-refractivity contribution in [1.82, 2.24) is 5.32 Å². The second kappa shape index (κ2) is 7.31. The number of hydrogen-bond donors (Lipinski definition) is 3. The van der Waals surface area contributed by atoms with E-state index in [-0.39, 0.29) is 11.9 Å². The van der Waals surface area contributed by atoms with Crippen molar-refractivity contribution in [3.8, 4) is 0 Å². The maximum absolute atomic E-state index is 8.57. The molecule has 0 bridgehead atoms. The Kier molecular flexibility index (Phi) is 5.15. The van der Waals surface area contributed by atoms with Crippen LogP contribution in [0, 0.1) is 0 Å². The molecule has 2 aromatic carbocycles. The number of oxime groups is 1. The number of nitrogens with two attached hydrogens (primary N) is 1. The molecule has 0 amide bonds. The van der Waals surface area contributed by atoms with Gasteiger partial charge in [-0.2, -0.15) is 0 Å². The SMILES string of the molecule is NC(CCNC(c1ccccc1)c1ccccc1)=NO. The first-order chi connectivity index (χ1) is 9.81. The van der Waals surface area contributed by atoms with Crippen LogP contribution in [0.25, 0.3) is 0 Å². The Morgan fingerprint density at radius 1 is 1.00 bits per heavy atom. The zero-order chi connectivity index (χ0) is 14.2. The predicted octanol–water partition coefficient (Wildman–Crippen LogP) is 2.50. The van der Waals surface area contributed by atoms with Crippen molar-refractivity contribution < 1.29 is 5.21 Å². The molecule has 0 heterocycles. The minimum Gasteiger partial charge on any atom is -0.409 e. The lowest BCUT2D eigenvalue weighted by molar-refractivity contribution is 0.316. The molecular weight excluding hydrogens is 250 g/mol. The highest BCUT2D eigenvalue weighted by Gasteiger charge is 2.12. The third-order valence-corrected chi connectivity index (χ3v) is 3.12. The number of hydrogen-bond acceptors (Lipinski definition) is 3. The molecule has 4 N–H and O–H groups in total. The van der Waals surface area contributed by atoms with Crippen LogP contribution in [-0.4, -0.2) is 17.6 Å². The quantitative estimate of drug-likeness (QED) is 0.326. The first-order valence-electron chi connectivity index (χ1n) is 6.61. The number of benzene rings is 2. The first kappa shape index (κ1) is 14.1. The summed E-state index contributed by atoms with van der Waals surface area (Å²) in [5, 5.41) is 15.0. The lowest BCUT2D eigenvalue weighted by Gasteiger charge is -2.19. The highest BCUT2D eigenvalue weighted by Crippen LogP contribution is 2.21. The lowest BCUT2D eigenvalue weighted by Crippen LogP contribution is -2.27. The molecule has 4 nitrogen and oxygen atoms in total. The molecule has 4 heteroatoms. The van der Waals surface area contributed by atoms with Crippen molar-refractivity contribution in [2.75, 3.05) is 6.54 Å². The predicted molar refractivity (Wildman–Crippen MR) is 80.8 cm³/mol. The highest BCUT2D eigenvalue weighted by atomic mass is 16.4. The minimum atomic E-state index is 0.101. The van der Waals surface area contributed by atoms with Crippen molar-refractivity contribution in [1.29, 1.82) is 0 Å². The van der Waals surface area contributed by atoms with Crippen molar-refractivity contribution in [2.45, 2.75) is 12.5 Å². The Morgan fingerprint density at radius 2 is 1.50 bits per heavy atom. The van der Waals surface area contributed by atoms with Crippen LogP contribution in [0.4, 0.5) is 0 Å². The smallest absolute Gasteiger partial charge is 0.140 e. The molecular formula is C16H19N3O. The van der Waals surface area contributed by atoms with Crippen LogP contribution < -0.4 is 11.1 Å². The van der Waals surface area contributed by atoms with Gasteiger partial charge in [0.25, 0.3) is 0 Å². The van der Waals surface area contributed by atoms with E-state index in [2.05, 4.69) is 34.7 Å². The summed E-state index contributed by atoms with van der Waals surface area (Å²) in [4.78, 5) is 0. The fourth-order valence-corrected chi connectivity index (χ4v) is 2.11. The van der Waals surface area contributed by atoms with Gasteiger partial charge in [0.15, 0.2) is 0 Å². The molecule has 0 aliphatic heterocycles.